The number of nitrogens with zero attached hydrogens (tertiary/aromatic N) is 2. The van der Waals surface area contributed by atoms with Gasteiger partial charge in [0.25, 0.3) is 0 Å². The first-order valence-electron chi connectivity index (χ1n) is 5.17. The van der Waals surface area contributed by atoms with Crippen LogP contribution in [0.2, 0.25) is 0 Å². The zero-order valence-electron chi connectivity index (χ0n) is 9.30. The summed E-state index contributed by atoms with van der Waals surface area (Å²) in [7, 11) is 0. The van der Waals surface area contributed by atoms with Crippen molar-refractivity contribution in [1.82, 2.24) is 14.9 Å². The molecule has 0 saturated carbocycles. The molecule has 1 aromatic rings. The Labute approximate surface area is 96.5 Å². The molecule has 95 valence electrons. The van der Waals surface area contributed by atoms with Crippen LogP contribution in [-0.4, -0.2) is 21.2 Å². The third-order valence-corrected chi connectivity index (χ3v) is 2.62. The van der Waals surface area contributed by atoms with Gasteiger partial charge in [-0.1, -0.05) is 0 Å². The van der Waals surface area contributed by atoms with Crippen molar-refractivity contribution < 1.29 is 18.3 Å². The maximum atomic E-state index is 12.8. The first-order chi connectivity index (χ1) is 7.71. The normalized spacial score (nSPS) is 17.1. The van der Waals surface area contributed by atoms with Crippen molar-refractivity contribution in [3.05, 3.63) is 24.1 Å². The number of halogens is 3. The first kappa shape index (κ1) is 12.4. The molecule has 0 aliphatic carbocycles. The van der Waals surface area contributed by atoms with Gasteiger partial charge in [-0.3, -0.25) is 0 Å². The van der Waals surface area contributed by atoms with E-state index in [-0.39, 0.29) is 18.1 Å². The second-order valence-corrected chi connectivity index (χ2v) is 4.33. The molecule has 1 unspecified atom stereocenters. The molecule has 0 fully saturated rings. The van der Waals surface area contributed by atoms with E-state index in [1.807, 2.05) is 0 Å². The molecule has 0 spiro atoms. The quantitative estimate of drug-likeness (QED) is 0.781. The molecule has 1 aliphatic rings. The summed E-state index contributed by atoms with van der Waals surface area (Å²) in [5, 5.41) is 12.7. The van der Waals surface area contributed by atoms with E-state index in [1.165, 1.54) is 11.5 Å². The molecule has 1 radical (unpaired) electrons. The van der Waals surface area contributed by atoms with Gasteiger partial charge >= 0.3 is 6.18 Å². The molecule has 0 bridgehead atoms. The molecule has 2 rings (SSSR count). The Bertz CT molecular complexity index is 431. The molecule has 2 heterocycles. The van der Waals surface area contributed by atoms with E-state index in [9.17, 15) is 18.3 Å². The van der Waals surface area contributed by atoms with Crippen LogP contribution >= 0.6 is 0 Å². The number of nitrogens with one attached hydrogen (secondary N) is 1. The molecule has 17 heavy (non-hydrogen) atoms. The number of rotatable bonds is 1. The fourth-order valence-corrected chi connectivity index (χ4v) is 2.01. The molecule has 0 aromatic carbocycles. The molecule has 7 heteroatoms. The van der Waals surface area contributed by atoms with Gasteiger partial charge in [-0.25, -0.2) is 4.98 Å². The lowest BCUT2D eigenvalue weighted by molar-refractivity contribution is -0.143. The number of aromatic nitrogens is 2. The lowest BCUT2D eigenvalue weighted by atomic mass is 10.0. The fourth-order valence-electron chi connectivity index (χ4n) is 2.01. The van der Waals surface area contributed by atoms with E-state index in [0.29, 0.717) is 13.1 Å². The van der Waals surface area contributed by atoms with Gasteiger partial charge in [0.05, 0.1) is 12.2 Å². The Kier molecular flexibility index (Phi) is 2.70. The molecule has 0 amide bonds. The standard InChI is InChI=1S/C10H13F3N3O/c1-9(2,17)8-7(10(11,12)13)15-6-5-14-3-4-16(6)8/h14,17H,1,3-5H2,2H3. The van der Waals surface area contributed by atoms with Crippen LogP contribution in [0.5, 0.6) is 0 Å². The molecule has 0 saturated heterocycles. The number of hydrogen-bond acceptors (Lipinski definition) is 3. The van der Waals surface area contributed by atoms with Crippen molar-refractivity contribution in [2.75, 3.05) is 6.54 Å². The SMILES string of the molecule is [CH2]C(C)(O)c1c(C(F)(F)F)nc2n1CCNC2. The van der Waals surface area contributed by atoms with Crippen LogP contribution in [0.3, 0.4) is 0 Å². The van der Waals surface area contributed by atoms with Gasteiger partial charge in [0, 0.05) is 13.1 Å². The van der Waals surface area contributed by atoms with Gasteiger partial charge in [-0.05, 0) is 13.8 Å². The lowest BCUT2D eigenvalue weighted by Crippen LogP contribution is -2.32. The smallest absolute Gasteiger partial charge is 0.384 e. The highest BCUT2D eigenvalue weighted by atomic mass is 19.4. The second-order valence-electron chi connectivity index (χ2n) is 4.33. The summed E-state index contributed by atoms with van der Waals surface area (Å²) in [5.41, 5.74) is -3.12. The van der Waals surface area contributed by atoms with Gasteiger partial charge in [0.2, 0.25) is 0 Å². The third-order valence-electron chi connectivity index (χ3n) is 2.62. The zero-order chi connectivity index (χ0) is 12.8. The highest BCUT2D eigenvalue weighted by Crippen LogP contribution is 2.37. The van der Waals surface area contributed by atoms with E-state index in [1.54, 1.807) is 0 Å². The van der Waals surface area contributed by atoms with Crippen molar-refractivity contribution in [3.63, 3.8) is 0 Å². The number of hydrogen-bond donors (Lipinski definition) is 2. The summed E-state index contributed by atoms with van der Waals surface area (Å²) in [6.45, 7) is 5.76. The average Bonchev–Trinajstić information content (AvgIpc) is 2.54. The van der Waals surface area contributed by atoms with Gasteiger partial charge < -0.3 is 15.0 Å². The Balaban J connectivity index is 2.64. The van der Waals surface area contributed by atoms with Crippen molar-refractivity contribution >= 4 is 0 Å². The van der Waals surface area contributed by atoms with Crippen LogP contribution in [0.25, 0.3) is 0 Å². The fraction of sp³-hybridized carbons (Fsp3) is 0.600. The molecule has 1 aromatic heterocycles. The Morgan fingerprint density at radius 2 is 2.12 bits per heavy atom. The minimum atomic E-state index is -4.58. The predicted octanol–water partition coefficient (Wildman–Crippen LogP) is 1.05. The summed E-state index contributed by atoms with van der Waals surface area (Å²) in [4.78, 5) is 3.56. The molecular formula is C10H13F3N3O. The van der Waals surface area contributed by atoms with E-state index in [4.69, 9.17) is 0 Å². The maximum absolute atomic E-state index is 12.8. The number of fused-ring (bicyclic) bond motifs is 1. The molecular weight excluding hydrogens is 235 g/mol. The van der Waals surface area contributed by atoms with Crippen LogP contribution in [0.1, 0.15) is 24.1 Å². The van der Waals surface area contributed by atoms with Crippen LogP contribution in [0.4, 0.5) is 13.2 Å². The van der Waals surface area contributed by atoms with Crippen LogP contribution in [0.15, 0.2) is 0 Å². The third kappa shape index (κ3) is 2.16. The van der Waals surface area contributed by atoms with Gasteiger partial charge in [0.15, 0.2) is 5.69 Å². The molecule has 1 aliphatic heterocycles. The Morgan fingerprint density at radius 1 is 1.47 bits per heavy atom. The van der Waals surface area contributed by atoms with Crippen molar-refractivity contribution in [1.29, 1.82) is 0 Å². The number of alkyl halides is 3. The summed E-state index contributed by atoms with van der Waals surface area (Å²) in [6, 6.07) is 0. The van der Waals surface area contributed by atoms with Gasteiger partial charge in [-0.2, -0.15) is 13.2 Å². The zero-order valence-corrected chi connectivity index (χ0v) is 9.30. The molecule has 1 atom stereocenters. The summed E-state index contributed by atoms with van der Waals surface area (Å²) in [6.07, 6.45) is -4.58. The summed E-state index contributed by atoms with van der Waals surface area (Å²) >= 11 is 0. The molecule has 4 nitrogen and oxygen atoms in total. The minimum Gasteiger partial charge on any atom is -0.384 e. The van der Waals surface area contributed by atoms with E-state index < -0.39 is 17.5 Å². The highest BCUT2D eigenvalue weighted by Gasteiger charge is 2.43. The van der Waals surface area contributed by atoms with Crippen LogP contribution < -0.4 is 5.32 Å². The second kappa shape index (κ2) is 3.71. The lowest BCUT2D eigenvalue weighted by Gasteiger charge is -2.24. The largest absolute Gasteiger partial charge is 0.435 e. The Hall–Kier alpha value is -1.08. The Morgan fingerprint density at radius 3 is 2.65 bits per heavy atom. The van der Waals surface area contributed by atoms with Crippen LogP contribution in [-0.2, 0) is 24.9 Å². The van der Waals surface area contributed by atoms with Gasteiger partial charge in [-0.15, -0.1) is 0 Å². The predicted molar refractivity (Wildman–Crippen MR) is 53.9 cm³/mol. The molecule has 2 N–H and O–H groups in total. The highest BCUT2D eigenvalue weighted by molar-refractivity contribution is 5.27. The topological polar surface area (TPSA) is 50.1 Å². The first-order valence-corrected chi connectivity index (χ1v) is 5.17. The van der Waals surface area contributed by atoms with E-state index >= 15 is 0 Å². The summed E-state index contributed by atoms with van der Waals surface area (Å²) < 4.78 is 39.9. The number of aliphatic hydroxyl groups is 1. The van der Waals surface area contributed by atoms with Crippen molar-refractivity contribution in [3.8, 4) is 0 Å². The number of imidazole rings is 1. The monoisotopic (exact) mass is 248 g/mol. The average molecular weight is 248 g/mol. The van der Waals surface area contributed by atoms with Crippen molar-refractivity contribution in [2.45, 2.75) is 31.8 Å². The van der Waals surface area contributed by atoms with Crippen molar-refractivity contribution in [2.24, 2.45) is 0 Å². The van der Waals surface area contributed by atoms with Crippen LogP contribution in [0, 0.1) is 6.92 Å². The van der Waals surface area contributed by atoms with E-state index in [2.05, 4.69) is 17.2 Å². The van der Waals surface area contributed by atoms with E-state index in [0.717, 1.165) is 0 Å². The van der Waals surface area contributed by atoms with Gasteiger partial charge in [0.1, 0.15) is 11.4 Å². The minimum absolute atomic E-state index is 0.262. The summed E-state index contributed by atoms with van der Waals surface area (Å²) in [5.74, 6) is 0.280. The maximum Gasteiger partial charge on any atom is 0.435 e.